The second kappa shape index (κ2) is 8.89. The second-order valence-electron chi connectivity index (χ2n) is 6.06. The van der Waals surface area contributed by atoms with Crippen molar-refractivity contribution < 1.29 is 4.79 Å². The fourth-order valence-electron chi connectivity index (χ4n) is 2.35. The average molecular weight is 318 g/mol. The summed E-state index contributed by atoms with van der Waals surface area (Å²) in [5, 5.41) is 5.89. The van der Waals surface area contributed by atoms with Crippen LogP contribution in [-0.4, -0.2) is 16.9 Å². The maximum atomic E-state index is 11.9. The fourth-order valence-corrected chi connectivity index (χ4v) is 2.57. The van der Waals surface area contributed by atoms with E-state index in [9.17, 15) is 4.79 Å². The molecule has 0 aliphatic heterocycles. The monoisotopic (exact) mass is 318 g/mol. The number of hydrogen-bond donors (Lipinski definition) is 2. The first-order valence-corrected chi connectivity index (χ1v) is 8.80. The van der Waals surface area contributed by atoms with Crippen molar-refractivity contribution >= 4 is 28.8 Å². The highest BCUT2D eigenvalue weighted by atomic mass is 32.1. The maximum absolute atomic E-state index is 11.9. The molecule has 0 radical (unpaired) electrons. The van der Waals surface area contributed by atoms with Gasteiger partial charge in [-0.2, -0.15) is 0 Å². The molecule has 1 aliphatic rings. The number of nitrogens with one attached hydrogen (secondary N) is 2. The number of hydrogen-bond acceptors (Lipinski definition) is 2. The molecule has 0 unspecified atom stereocenters. The number of unbranched alkanes of at least 4 members (excludes halogenated alkanes) is 4. The van der Waals surface area contributed by atoms with Crippen LogP contribution in [0.3, 0.4) is 0 Å². The molecule has 4 heteroatoms. The van der Waals surface area contributed by atoms with Gasteiger partial charge in [0.25, 0.3) is 5.91 Å². The van der Waals surface area contributed by atoms with Crippen molar-refractivity contribution in [2.24, 2.45) is 0 Å². The number of aryl methyl sites for hydroxylation is 1. The van der Waals surface area contributed by atoms with E-state index in [2.05, 4.69) is 29.7 Å². The van der Waals surface area contributed by atoms with Crippen molar-refractivity contribution in [1.29, 1.82) is 0 Å². The summed E-state index contributed by atoms with van der Waals surface area (Å²) in [5.41, 5.74) is 2.13. The molecule has 1 fully saturated rings. The number of carbonyl (C=O) groups excluding carboxylic acids is 1. The number of carbonyl (C=O) groups is 1. The first-order chi connectivity index (χ1) is 10.7. The summed E-state index contributed by atoms with van der Waals surface area (Å²) in [6.45, 7) is 2.23. The Labute approximate surface area is 138 Å². The van der Waals surface area contributed by atoms with Gasteiger partial charge in [-0.15, -0.1) is 0 Å². The molecule has 0 saturated heterocycles. The third-order valence-electron chi connectivity index (χ3n) is 3.90. The molecule has 0 heterocycles. The van der Waals surface area contributed by atoms with E-state index in [1.165, 1.54) is 37.7 Å². The minimum Gasteiger partial charge on any atom is -0.369 e. The molecule has 0 atom stereocenters. The van der Waals surface area contributed by atoms with Gasteiger partial charge in [-0.05, 0) is 43.4 Å². The molecule has 0 bridgehead atoms. The summed E-state index contributed by atoms with van der Waals surface area (Å²) < 4.78 is 0. The molecule has 3 nitrogen and oxygen atoms in total. The van der Waals surface area contributed by atoms with Gasteiger partial charge in [-0.3, -0.25) is 4.79 Å². The largest absolute Gasteiger partial charge is 0.369 e. The van der Waals surface area contributed by atoms with E-state index in [4.69, 9.17) is 12.2 Å². The summed E-state index contributed by atoms with van der Waals surface area (Å²) >= 11 is 5.09. The number of anilines is 1. The zero-order chi connectivity index (χ0) is 15.8. The van der Waals surface area contributed by atoms with E-state index in [0.717, 1.165) is 24.9 Å². The highest BCUT2D eigenvalue weighted by molar-refractivity contribution is 7.82. The van der Waals surface area contributed by atoms with Crippen molar-refractivity contribution in [3.8, 4) is 0 Å². The van der Waals surface area contributed by atoms with Gasteiger partial charge in [-0.1, -0.05) is 57.0 Å². The third-order valence-corrected chi connectivity index (χ3v) is 4.20. The Morgan fingerprint density at radius 2 is 1.82 bits per heavy atom. The number of benzene rings is 1. The van der Waals surface area contributed by atoms with Crippen LogP contribution < -0.4 is 10.6 Å². The average Bonchev–Trinajstić information content (AvgIpc) is 3.32. The first kappa shape index (κ1) is 16.9. The van der Waals surface area contributed by atoms with Crippen LogP contribution in [0.4, 0.5) is 5.69 Å². The van der Waals surface area contributed by atoms with Crippen molar-refractivity contribution in [2.45, 2.75) is 64.3 Å². The van der Waals surface area contributed by atoms with Crippen LogP contribution in [0, 0.1) is 0 Å². The van der Waals surface area contributed by atoms with Crippen molar-refractivity contribution in [2.75, 3.05) is 5.32 Å². The molecule has 2 N–H and O–H groups in total. The Hall–Kier alpha value is -1.42. The molecule has 1 aromatic carbocycles. The lowest BCUT2D eigenvalue weighted by Crippen LogP contribution is -2.35. The molecule has 2 rings (SSSR count). The van der Waals surface area contributed by atoms with Crippen molar-refractivity contribution in [3.63, 3.8) is 0 Å². The number of amides is 1. The summed E-state index contributed by atoms with van der Waals surface area (Å²) in [6.07, 6.45) is 9.82. The van der Waals surface area contributed by atoms with Gasteiger partial charge in [-0.25, -0.2) is 0 Å². The molecular formula is C18H26N2OS. The van der Waals surface area contributed by atoms with Gasteiger partial charge in [0, 0.05) is 11.7 Å². The quantitative estimate of drug-likeness (QED) is 0.557. The van der Waals surface area contributed by atoms with E-state index < -0.39 is 0 Å². The van der Waals surface area contributed by atoms with E-state index in [1.807, 2.05) is 12.1 Å². The smallest absolute Gasteiger partial charge is 0.283 e. The SMILES string of the molecule is CCCCCCCc1ccc(NC(=O)C(=S)NC2CC2)cc1. The van der Waals surface area contributed by atoms with Gasteiger partial charge >= 0.3 is 0 Å². The van der Waals surface area contributed by atoms with E-state index in [0.29, 0.717) is 11.0 Å². The molecular weight excluding hydrogens is 292 g/mol. The van der Waals surface area contributed by atoms with Gasteiger partial charge in [0.1, 0.15) is 0 Å². The summed E-state index contributed by atoms with van der Waals surface area (Å²) in [4.78, 5) is 12.2. The summed E-state index contributed by atoms with van der Waals surface area (Å²) in [7, 11) is 0. The van der Waals surface area contributed by atoms with E-state index in [1.54, 1.807) is 0 Å². The molecule has 22 heavy (non-hydrogen) atoms. The van der Waals surface area contributed by atoms with Crippen LogP contribution in [0.15, 0.2) is 24.3 Å². The van der Waals surface area contributed by atoms with Crippen LogP contribution in [0.25, 0.3) is 0 Å². The van der Waals surface area contributed by atoms with Crippen LogP contribution in [-0.2, 0) is 11.2 Å². The van der Waals surface area contributed by atoms with Crippen molar-refractivity contribution in [3.05, 3.63) is 29.8 Å². The molecule has 120 valence electrons. The Bertz CT molecular complexity index is 494. The Balaban J connectivity index is 1.71. The lowest BCUT2D eigenvalue weighted by molar-refractivity contribution is -0.110. The van der Waals surface area contributed by atoms with Crippen LogP contribution in [0.1, 0.15) is 57.4 Å². The standard InChI is InChI=1S/C18H26N2OS/c1-2-3-4-5-6-7-14-8-10-15(11-9-14)19-17(21)18(22)20-16-12-13-16/h8-11,16H,2-7,12-13H2,1H3,(H,19,21)(H,20,22). The third kappa shape index (κ3) is 6.14. The Morgan fingerprint density at radius 3 is 2.45 bits per heavy atom. The lowest BCUT2D eigenvalue weighted by atomic mass is 10.1. The van der Waals surface area contributed by atoms with Gasteiger partial charge in [0.15, 0.2) is 4.99 Å². The Morgan fingerprint density at radius 1 is 1.14 bits per heavy atom. The zero-order valence-electron chi connectivity index (χ0n) is 13.4. The second-order valence-corrected chi connectivity index (χ2v) is 6.47. The molecule has 0 aromatic heterocycles. The summed E-state index contributed by atoms with van der Waals surface area (Å²) in [5.74, 6) is -0.214. The van der Waals surface area contributed by atoms with Gasteiger partial charge < -0.3 is 10.6 Å². The highest BCUT2D eigenvalue weighted by Crippen LogP contribution is 2.19. The van der Waals surface area contributed by atoms with Crippen LogP contribution in [0.2, 0.25) is 0 Å². The molecule has 1 aromatic rings. The van der Waals surface area contributed by atoms with Crippen molar-refractivity contribution in [1.82, 2.24) is 5.32 Å². The van der Waals surface area contributed by atoms with E-state index in [-0.39, 0.29) is 5.91 Å². The first-order valence-electron chi connectivity index (χ1n) is 8.40. The normalized spacial score (nSPS) is 13.7. The predicted octanol–water partition coefficient (Wildman–Crippen LogP) is 4.22. The minimum absolute atomic E-state index is 0.214. The fraction of sp³-hybridized carbons (Fsp3) is 0.556. The molecule has 1 saturated carbocycles. The van der Waals surface area contributed by atoms with Gasteiger partial charge in [0.2, 0.25) is 0 Å². The lowest BCUT2D eigenvalue weighted by Gasteiger charge is -2.08. The predicted molar refractivity (Wildman–Crippen MR) is 96.3 cm³/mol. The topological polar surface area (TPSA) is 41.1 Å². The number of thiocarbonyl (C=S) groups is 1. The zero-order valence-corrected chi connectivity index (χ0v) is 14.2. The van der Waals surface area contributed by atoms with Gasteiger partial charge in [0.05, 0.1) is 0 Å². The van der Waals surface area contributed by atoms with E-state index >= 15 is 0 Å². The van der Waals surface area contributed by atoms with Crippen LogP contribution in [0.5, 0.6) is 0 Å². The van der Waals surface area contributed by atoms with Crippen LogP contribution >= 0.6 is 12.2 Å². The number of rotatable bonds is 8. The molecule has 0 spiro atoms. The Kier molecular flexibility index (Phi) is 6.84. The highest BCUT2D eigenvalue weighted by Gasteiger charge is 2.24. The minimum atomic E-state index is -0.214. The molecule has 1 amide bonds. The molecule has 1 aliphatic carbocycles. The maximum Gasteiger partial charge on any atom is 0.283 e. The summed E-state index contributed by atoms with van der Waals surface area (Å²) in [6, 6.07) is 8.51.